The highest BCUT2D eigenvalue weighted by molar-refractivity contribution is 5.74. The van der Waals surface area contributed by atoms with Gasteiger partial charge in [-0.2, -0.15) is 0 Å². The van der Waals surface area contributed by atoms with E-state index in [1.165, 1.54) is 0 Å². The number of H-pyrrole nitrogens is 2. The van der Waals surface area contributed by atoms with E-state index >= 15 is 0 Å². The number of rotatable bonds is 6. The fourth-order valence-corrected chi connectivity index (χ4v) is 1.95. The quantitative estimate of drug-likeness (QED) is 0.615. The second kappa shape index (κ2) is 5.84. The Morgan fingerprint density at radius 2 is 2.11 bits per heavy atom. The van der Waals surface area contributed by atoms with Crippen molar-refractivity contribution in [3.05, 3.63) is 34.2 Å². The van der Waals surface area contributed by atoms with Gasteiger partial charge in [0.25, 0.3) is 0 Å². The average molecular weight is 249 g/mol. The molecule has 4 N–H and O–H groups in total. The number of hydrogen-bond donors (Lipinski definition) is 4. The van der Waals surface area contributed by atoms with Crippen LogP contribution in [0.1, 0.15) is 18.9 Å². The average Bonchev–Trinajstić information content (AvgIpc) is 2.74. The molecule has 0 fully saturated rings. The summed E-state index contributed by atoms with van der Waals surface area (Å²) in [5.41, 5.74) is 2.59. The van der Waals surface area contributed by atoms with Crippen molar-refractivity contribution in [1.29, 1.82) is 0 Å². The van der Waals surface area contributed by atoms with Crippen LogP contribution in [0.15, 0.2) is 23.0 Å². The van der Waals surface area contributed by atoms with Crippen molar-refractivity contribution in [1.82, 2.24) is 15.3 Å². The van der Waals surface area contributed by atoms with Crippen molar-refractivity contribution in [2.24, 2.45) is 5.92 Å². The molecule has 98 valence electrons. The van der Waals surface area contributed by atoms with E-state index in [1.807, 2.05) is 18.2 Å². The minimum Gasteiger partial charge on any atom is -0.396 e. The van der Waals surface area contributed by atoms with E-state index in [4.69, 9.17) is 5.11 Å². The monoisotopic (exact) mass is 249 g/mol. The van der Waals surface area contributed by atoms with Gasteiger partial charge in [-0.1, -0.05) is 13.0 Å². The molecule has 0 saturated heterocycles. The van der Waals surface area contributed by atoms with Crippen LogP contribution in [0.2, 0.25) is 0 Å². The fraction of sp³-hybridized carbons (Fsp3) is 0.462. The molecule has 1 aromatic carbocycles. The molecule has 0 saturated carbocycles. The number of aliphatic hydroxyl groups excluding tert-OH is 1. The van der Waals surface area contributed by atoms with Crippen LogP contribution in [0.5, 0.6) is 0 Å². The van der Waals surface area contributed by atoms with Gasteiger partial charge in [0.05, 0.1) is 11.0 Å². The summed E-state index contributed by atoms with van der Waals surface area (Å²) in [4.78, 5) is 16.6. The molecule has 1 aromatic heterocycles. The smallest absolute Gasteiger partial charge is 0.323 e. The third-order valence-corrected chi connectivity index (χ3v) is 3.18. The van der Waals surface area contributed by atoms with E-state index in [-0.39, 0.29) is 12.3 Å². The second-order valence-electron chi connectivity index (χ2n) is 4.55. The lowest BCUT2D eigenvalue weighted by molar-refractivity contribution is 0.218. The van der Waals surface area contributed by atoms with E-state index in [9.17, 15) is 4.79 Å². The van der Waals surface area contributed by atoms with E-state index < -0.39 is 0 Å². The summed E-state index contributed by atoms with van der Waals surface area (Å²) in [5, 5.41) is 12.4. The molecule has 0 bridgehead atoms. The van der Waals surface area contributed by atoms with Crippen LogP contribution >= 0.6 is 0 Å². The molecule has 0 aliphatic heterocycles. The summed E-state index contributed by atoms with van der Waals surface area (Å²) in [7, 11) is 0. The summed E-state index contributed by atoms with van der Waals surface area (Å²) < 4.78 is 0. The molecule has 1 heterocycles. The molecule has 18 heavy (non-hydrogen) atoms. The van der Waals surface area contributed by atoms with Gasteiger partial charge in [-0.15, -0.1) is 0 Å². The lowest BCUT2D eigenvalue weighted by Crippen LogP contribution is -2.24. The molecule has 0 amide bonds. The molecular weight excluding hydrogens is 230 g/mol. The summed E-state index contributed by atoms with van der Waals surface area (Å²) >= 11 is 0. The molecule has 5 heteroatoms. The third-order valence-electron chi connectivity index (χ3n) is 3.18. The van der Waals surface area contributed by atoms with Gasteiger partial charge in [0.1, 0.15) is 0 Å². The van der Waals surface area contributed by atoms with E-state index in [0.29, 0.717) is 5.92 Å². The first-order chi connectivity index (χ1) is 8.72. The Morgan fingerprint density at radius 3 is 2.83 bits per heavy atom. The third kappa shape index (κ3) is 3.00. The van der Waals surface area contributed by atoms with Gasteiger partial charge in [0.15, 0.2) is 0 Å². The first-order valence-electron chi connectivity index (χ1n) is 6.25. The van der Waals surface area contributed by atoms with E-state index in [1.54, 1.807) is 0 Å². The number of aromatic amines is 2. The molecule has 2 aromatic rings. The summed E-state index contributed by atoms with van der Waals surface area (Å²) in [6.07, 6.45) is 0.966. The summed E-state index contributed by atoms with van der Waals surface area (Å²) in [5.74, 6) is 0.306. The first-order valence-corrected chi connectivity index (χ1v) is 6.25. The van der Waals surface area contributed by atoms with Crippen molar-refractivity contribution in [2.45, 2.75) is 19.9 Å². The van der Waals surface area contributed by atoms with Crippen LogP contribution in [0.4, 0.5) is 0 Å². The van der Waals surface area contributed by atoms with Crippen LogP contribution in [0.25, 0.3) is 11.0 Å². The molecule has 0 aliphatic carbocycles. The van der Waals surface area contributed by atoms with Crippen molar-refractivity contribution in [2.75, 3.05) is 13.2 Å². The topological polar surface area (TPSA) is 80.9 Å². The minimum atomic E-state index is -0.179. The molecule has 5 nitrogen and oxygen atoms in total. The van der Waals surface area contributed by atoms with Crippen LogP contribution in [0.3, 0.4) is 0 Å². The van der Waals surface area contributed by atoms with Crippen LogP contribution in [-0.4, -0.2) is 28.2 Å². The van der Waals surface area contributed by atoms with E-state index in [2.05, 4.69) is 22.2 Å². The Balaban J connectivity index is 1.97. The Kier molecular flexibility index (Phi) is 4.17. The maximum absolute atomic E-state index is 11.1. The molecule has 0 spiro atoms. The van der Waals surface area contributed by atoms with Gasteiger partial charge < -0.3 is 20.4 Å². The first kappa shape index (κ1) is 12.9. The zero-order valence-corrected chi connectivity index (χ0v) is 10.5. The van der Waals surface area contributed by atoms with Gasteiger partial charge in [-0.25, -0.2) is 4.79 Å². The van der Waals surface area contributed by atoms with Crippen LogP contribution in [0, 0.1) is 5.92 Å². The molecular formula is C13H19N3O2. The minimum absolute atomic E-state index is 0.179. The second-order valence-corrected chi connectivity index (χ2v) is 4.55. The number of nitrogens with one attached hydrogen (secondary N) is 3. The van der Waals surface area contributed by atoms with Crippen molar-refractivity contribution >= 4 is 11.0 Å². The lowest BCUT2D eigenvalue weighted by Gasteiger charge is -2.12. The Labute approximate surface area is 105 Å². The van der Waals surface area contributed by atoms with Gasteiger partial charge in [0, 0.05) is 19.7 Å². The van der Waals surface area contributed by atoms with E-state index in [0.717, 1.165) is 36.1 Å². The SMILES string of the molecule is CCC(CO)CNCc1ccc2[nH]c(=O)[nH]c2c1. The van der Waals surface area contributed by atoms with Crippen molar-refractivity contribution < 1.29 is 5.11 Å². The number of aromatic nitrogens is 2. The fourth-order valence-electron chi connectivity index (χ4n) is 1.95. The number of benzene rings is 1. The van der Waals surface area contributed by atoms with Crippen molar-refractivity contribution in [3.8, 4) is 0 Å². The van der Waals surface area contributed by atoms with Gasteiger partial charge in [-0.3, -0.25) is 0 Å². The maximum Gasteiger partial charge on any atom is 0.323 e. The number of imidazole rings is 1. The molecule has 1 unspecified atom stereocenters. The number of aliphatic hydroxyl groups is 1. The normalized spacial score (nSPS) is 13.0. The van der Waals surface area contributed by atoms with Crippen molar-refractivity contribution in [3.63, 3.8) is 0 Å². The zero-order chi connectivity index (χ0) is 13.0. The number of hydrogen-bond acceptors (Lipinski definition) is 3. The summed E-state index contributed by atoms with van der Waals surface area (Å²) in [6, 6.07) is 5.84. The maximum atomic E-state index is 11.1. The predicted octanol–water partition coefficient (Wildman–Crippen LogP) is 0.964. The van der Waals surface area contributed by atoms with Gasteiger partial charge >= 0.3 is 5.69 Å². The molecule has 0 radical (unpaired) electrons. The Bertz CT molecular complexity index is 555. The Hall–Kier alpha value is -1.59. The summed E-state index contributed by atoms with van der Waals surface area (Å²) in [6.45, 7) is 3.82. The Morgan fingerprint density at radius 1 is 1.33 bits per heavy atom. The van der Waals surface area contributed by atoms with Gasteiger partial charge in [0.2, 0.25) is 0 Å². The highest BCUT2D eigenvalue weighted by atomic mass is 16.3. The molecule has 0 aliphatic rings. The largest absolute Gasteiger partial charge is 0.396 e. The molecule has 1 atom stereocenters. The number of fused-ring (bicyclic) bond motifs is 1. The van der Waals surface area contributed by atoms with Crippen LogP contribution in [-0.2, 0) is 6.54 Å². The standard InChI is InChI=1S/C13H19N3O2/c1-2-9(8-17)6-14-7-10-3-4-11-12(5-10)16-13(18)15-11/h3-5,9,14,17H,2,6-8H2,1H3,(H2,15,16,18). The highest BCUT2D eigenvalue weighted by Crippen LogP contribution is 2.10. The lowest BCUT2D eigenvalue weighted by atomic mass is 10.1. The highest BCUT2D eigenvalue weighted by Gasteiger charge is 2.04. The molecule has 2 rings (SSSR count). The zero-order valence-electron chi connectivity index (χ0n) is 10.5. The predicted molar refractivity (Wildman–Crippen MR) is 71.5 cm³/mol. The van der Waals surface area contributed by atoms with Crippen LogP contribution < -0.4 is 11.0 Å². The van der Waals surface area contributed by atoms with Gasteiger partial charge in [-0.05, 0) is 30.0 Å².